The molecule has 1 aromatic heterocycles. The third kappa shape index (κ3) is 6.14. The summed E-state index contributed by atoms with van der Waals surface area (Å²) in [5.74, 6) is 1.87. The normalized spacial score (nSPS) is 11.3. The van der Waals surface area contributed by atoms with Crippen LogP contribution in [-0.4, -0.2) is 40.6 Å². The molecule has 0 saturated carbocycles. The molecule has 0 atom stereocenters. The van der Waals surface area contributed by atoms with Gasteiger partial charge in [0, 0.05) is 22.3 Å². The van der Waals surface area contributed by atoms with Crippen LogP contribution in [0.2, 0.25) is 5.02 Å². The molecule has 0 bridgehead atoms. The fourth-order valence-corrected chi connectivity index (χ4v) is 4.79. The average molecular weight is 551 g/mol. The maximum atomic E-state index is 12.9. The van der Waals surface area contributed by atoms with E-state index < -0.39 is 0 Å². The lowest BCUT2D eigenvalue weighted by Gasteiger charge is -2.19. The van der Waals surface area contributed by atoms with Gasteiger partial charge in [-0.05, 0) is 53.8 Å². The standard InChI is InChI=1S/C29H31ClN4O3S/c1-18-15-24(25(37-6)16-23(18)30)31-26(35)17-38-28-33-32-27(19-7-9-20(10-8-19)29(2,3)4)34(28)21-11-13-22(36-5)14-12-21/h7-16H,17H2,1-6H3,(H,31,35). The number of halogens is 1. The summed E-state index contributed by atoms with van der Waals surface area (Å²) in [5.41, 5.74) is 4.48. The number of amides is 1. The van der Waals surface area contributed by atoms with Crippen molar-refractivity contribution in [2.24, 2.45) is 0 Å². The van der Waals surface area contributed by atoms with Crippen molar-refractivity contribution < 1.29 is 14.3 Å². The number of aromatic nitrogens is 3. The van der Waals surface area contributed by atoms with Crippen molar-refractivity contribution in [1.29, 1.82) is 0 Å². The van der Waals surface area contributed by atoms with Crippen LogP contribution >= 0.6 is 23.4 Å². The van der Waals surface area contributed by atoms with Crippen molar-refractivity contribution in [3.8, 4) is 28.6 Å². The number of nitrogens with zero attached hydrogens (tertiary/aromatic N) is 3. The molecular formula is C29H31ClN4O3S. The molecule has 0 aliphatic carbocycles. The Labute approximate surface area is 232 Å². The van der Waals surface area contributed by atoms with E-state index in [1.165, 1.54) is 24.4 Å². The lowest BCUT2D eigenvalue weighted by atomic mass is 9.87. The van der Waals surface area contributed by atoms with Crippen LogP contribution in [0.4, 0.5) is 5.69 Å². The quantitative estimate of drug-likeness (QED) is 0.239. The van der Waals surface area contributed by atoms with E-state index in [4.69, 9.17) is 21.1 Å². The van der Waals surface area contributed by atoms with E-state index in [9.17, 15) is 4.79 Å². The van der Waals surface area contributed by atoms with Crippen molar-refractivity contribution in [2.75, 3.05) is 25.3 Å². The molecule has 0 aliphatic rings. The second-order valence-corrected chi connectivity index (χ2v) is 11.2. The molecule has 0 unspecified atom stereocenters. The number of aryl methyl sites for hydroxylation is 1. The molecule has 1 amide bonds. The lowest BCUT2D eigenvalue weighted by molar-refractivity contribution is -0.113. The number of methoxy groups -OCH3 is 2. The Morgan fingerprint density at radius 3 is 2.29 bits per heavy atom. The zero-order valence-electron chi connectivity index (χ0n) is 22.3. The molecular weight excluding hydrogens is 520 g/mol. The van der Waals surface area contributed by atoms with Gasteiger partial charge in [0.2, 0.25) is 5.91 Å². The molecule has 1 heterocycles. The van der Waals surface area contributed by atoms with Gasteiger partial charge in [0.1, 0.15) is 11.5 Å². The van der Waals surface area contributed by atoms with Gasteiger partial charge in [-0.3, -0.25) is 9.36 Å². The smallest absolute Gasteiger partial charge is 0.234 e. The van der Waals surface area contributed by atoms with Crippen molar-refractivity contribution in [1.82, 2.24) is 14.8 Å². The molecule has 0 fully saturated rings. The van der Waals surface area contributed by atoms with Crippen molar-refractivity contribution in [2.45, 2.75) is 38.3 Å². The summed E-state index contributed by atoms with van der Waals surface area (Å²) in [6.07, 6.45) is 0. The number of hydrogen-bond acceptors (Lipinski definition) is 6. The zero-order chi connectivity index (χ0) is 27.4. The molecule has 4 aromatic rings. The van der Waals surface area contributed by atoms with Crippen LogP contribution in [-0.2, 0) is 10.2 Å². The maximum Gasteiger partial charge on any atom is 0.234 e. The number of benzene rings is 3. The Bertz CT molecular complexity index is 1430. The minimum atomic E-state index is -0.199. The molecule has 7 nitrogen and oxygen atoms in total. The van der Waals surface area contributed by atoms with E-state index in [0.29, 0.717) is 27.4 Å². The first-order chi connectivity index (χ1) is 18.1. The average Bonchev–Trinajstić information content (AvgIpc) is 3.33. The van der Waals surface area contributed by atoms with Crippen LogP contribution in [0.15, 0.2) is 65.8 Å². The highest BCUT2D eigenvalue weighted by Gasteiger charge is 2.20. The van der Waals surface area contributed by atoms with Gasteiger partial charge in [-0.25, -0.2) is 0 Å². The van der Waals surface area contributed by atoms with Crippen molar-refractivity contribution in [3.63, 3.8) is 0 Å². The Morgan fingerprint density at radius 1 is 1.00 bits per heavy atom. The van der Waals surface area contributed by atoms with Gasteiger partial charge in [0.05, 0.1) is 25.7 Å². The number of thioether (sulfide) groups is 1. The highest BCUT2D eigenvalue weighted by molar-refractivity contribution is 7.99. The molecule has 0 radical (unpaired) electrons. The van der Waals surface area contributed by atoms with Gasteiger partial charge in [0.15, 0.2) is 11.0 Å². The summed E-state index contributed by atoms with van der Waals surface area (Å²) in [4.78, 5) is 12.9. The van der Waals surface area contributed by atoms with Crippen LogP contribution in [0.5, 0.6) is 11.5 Å². The van der Waals surface area contributed by atoms with E-state index in [1.807, 2.05) is 35.8 Å². The van der Waals surface area contributed by atoms with E-state index in [2.05, 4.69) is 60.6 Å². The van der Waals surface area contributed by atoms with Gasteiger partial charge in [-0.2, -0.15) is 0 Å². The van der Waals surface area contributed by atoms with Crippen LogP contribution in [0.25, 0.3) is 17.1 Å². The second-order valence-electron chi connectivity index (χ2n) is 9.81. The first-order valence-electron chi connectivity index (χ1n) is 12.1. The monoisotopic (exact) mass is 550 g/mol. The van der Waals surface area contributed by atoms with E-state index >= 15 is 0 Å². The fourth-order valence-electron chi connectivity index (χ4n) is 3.88. The molecule has 0 saturated heterocycles. The Balaban J connectivity index is 1.62. The molecule has 4 rings (SSSR count). The molecule has 0 spiro atoms. The Hall–Kier alpha value is -3.49. The summed E-state index contributed by atoms with van der Waals surface area (Å²) in [6.45, 7) is 8.42. The minimum Gasteiger partial charge on any atom is -0.497 e. The van der Waals surface area contributed by atoms with Gasteiger partial charge < -0.3 is 14.8 Å². The predicted molar refractivity (Wildman–Crippen MR) is 154 cm³/mol. The maximum absolute atomic E-state index is 12.9. The SMILES string of the molecule is COc1ccc(-n2c(SCC(=O)Nc3cc(C)c(Cl)cc3OC)nnc2-c2ccc(C(C)(C)C)cc2)cc1. The number of carbonyl (C=O) groups is 1. The molecule has 3 aromatic carbocycles. The highest BCUT2D eigenvalue weighted by Crippen LogP contribution is 2.33. The van der Waals surface area contributed by atoms with Crippen molar-refractivity contribution >= 4 is 35.0 Å². The van der Waals surface area contributed by atoms with Gasteiger partial charge >= 0.3 is 0 Å². The number of ether oxygens (including phenoxy) is 2. The summed E-state index contributed by atoms with van der Waals surface area (Å²) >= 11 is 7.50. The Kier molecular flexibility index (Phi) is 8.33. The number of anilines is 1. The number of rotatable bonds is 8. The van der Waals surface area contributed by atoms with Crippen LogP contribution < -0.4 is 14.8 Å². The predicted octanol–water partition coefficient (Wildman–Crippen LogP) is 6.94. The molecule has 38 heavy (non-hydrogen) atoms. The first kappa shape index (κ1) is 27.5. The number of hydrogen-bond donors (Lipinski definition) is 1. The lowest BCUT2D eigenvalue weighted by Crippen LogP contribution is -2.15. The number of nitrogens with one attached hydrogen (secondary N) is 1. The van der Waals surface area contributed by atoms with Crippen LogP contribution in [0.3, 0.4) is 0 Å². The third-order valence-corrected chi connectivity index (χ3v) is 7.40. The van der Waals surface area contributed by atoms with Crippen LogP contribution in [0.1, 0.15) is 31.9 Å². The number of carbonyl (C=O) groups excluding carboxylic acids is 1. The van der Waals surface area contributed by atoms with Gasteiger partial charge in [-0.15, -0.1) is 10.2 Å². The summed E-state index contributed by atoms with van der Waals surface area (Å²) in [7, 11) is 3.17. The first-order valence-corrected chi connectivity index (χ1v) is 13.4. The largest absolute Gasteiger partial charge is 0.497 e. The fraction of sp³-hybridized carbons (Fsp3) is 0.276. The van der Waals surface area contributed by atoms with Gasteiger partial charge in [0.25, 0.3) is 0 Å². The topological polar surface area (TPSA) is 78.3 Å². The third-order valence-electron chi connectivity index (χ3n) is 6.06. The summed E-state index contributed by atoms with van der Waals surface area (Å²) in [5, 5.41) is 13.0. The van der Waals surface area contributed by atoms with E-state index in [0.717, 1.165) is 22.6 Å². The summed E-state index contributed by atoms with van der Waals surface area (Å²) in [6, 6.07) is 19.5. The molecule has 0 aliphatic heterocycles. The van der Waals surface area contributed by atoms with E-state index in [-0.39, 0.29) is 17.1 Å². The van der Waals surface area contributed by atoms with Gasteiger partial charge in [-0.1, -0.05) is 68.4 Å². The second kappa shape index (κ2) is 11.5. The molecule has 1 N–H and O–H groups in total. The minimum absolute atomic E-state index is 0.0435. The van der Waals surface area contributed by atoms with E-state index in [1.54, 1.807) is 19.2 Å². The van der Waals surface area contributed by atoms with Crippen molar-refractivity contribution in [3.05, 3.63) is 76.8 Å². The zero-order valence-corrected chi connectivity index (χ0v) is 23.9. The highest BCUT2D eigenvalue weighted by atomic mass is 35.5. The summed E-state index contributed by atoms with van der Waals surface area (Å²) < 4.78 is 12.7. The van der Waals surface area contributed by atoms with Crippen LogP contribution in [0, 0.1) is 6.92 Å². The Morgan fingerprint density at radius 2 is 1.68 bits per heavy atom. The molecule has 9 heteroatoms. The molecule has 198 valence electrons.